The molecule has 0 aliphatic carbocycles. The molecule has 0 radical (unpaired) electrons. The van der Waals surface area contributed by atoms with Crippen LogP contribution in [0.2, 0.25) is 0 Å². The van der Waals surface area contributed by atoms with Crippen LogP contribution in [-0.4, -0.2) is 28.5 Å². The topological polar surface area (TPSA) is 98.3 Å². The minimum absolute atomic E-state index is 0.0354. The summed E-state index contributed by atoms with van der Waals surface area (Å²) in [5.74, 6) is -0.920. The highest BCUT2D eigenvalue weighted by Gasteiger charge is 2.20. The van der Waals surface area contributed by atoms with E-state index in [1.54, 1.807) is 55.9 Å². The second-order valence-electron chi connectivity index (χ2n) is 7.08. The maximum absolute atomic E-state index is 13.0. The molecule has 34 heavy (non-hydrogen) atoms. The van der Waals surface area contributed by atoms with E-state index in [0.29, 0.717) is 16.9 Å². The summed E-state index contributed by atoms with van der Waals surface area (Å²) in [5.41, 5.74) is 0.745. The monoisotopic (exact) mass is 468 g/mol. The average molecular weight is 468 g/mol. The molecule has 10 heteroatoms. The number of nitrogens with zero attached hydrogens (tertiary/aromatic N) is 3. The number of alkyl halides is 2. The molecule has 0 saturated heterocycles. The molecule has 0 aliphatic rings. The van der Waals surface area contributed by atoms with Crippen LogP contribution in [-0.2, 0) is 11.8 Å². The molecule has 0 unspecified atom stereocenters. The van der Waals surface area contributed by atoms with Crippen LogP contribution >= 0.6 is 0 Å². The van der Waals surface area contributed by atoms with Crippen LogP contribution in [0, 0.1) is 18.3 Å². The number of amides is 1. The predicted octanol–water partition coefficient (Wildman–Crippen LogP) is 4.03. The van der Waals surface area contributed by atoms with E-state index in [2.05, 4.69) is 10.1 Å². The van der Waals surface area contributed by atoms with Gasteiger partial charge in [0.15, 0.2) is 11.5 Å². The lowest BCUT2D eigenvalue weighted by Gasteiger charge is -2.12. The minimum Gasteiger partial charge on any atom is -0.490 e. The zero-order valence-corrected chi connectivity index (χ0v) is 18.7. The Morgan fingerprint density at radius 3 is 2.53 bits per heavy atom. The lowest BCUT2D eigenvalue weighted by Crippen LogP contribution is -2.23. The van der Waals surface area contributed by atoms with Crippen molar-refractivity contribution in [2.24, 2.45) is 7.05 Å². The number of hydrogen-bond acceptors (Lipinski definition) is 5. The first kappa shape index (κ1) is 24.3. The number of para-hydroxylation sites is 1. The Bertz CT molecular complexity index is 1320. The van der Waals surface area contributed by atoms with Crippen LogP contribution in [0.1, 0.15) is 18.2 Å². The van der Waals surface area contributed by atoms with Crippen molar-refractivity contribution in [2.45, 2.75) is 20.5 Å². The van der Waals surface area contributed by atoms with Gasteiger partial charge in [0, 0.05) is 7.05 Å². The van der Waals surface area contributed by atoms with E-state index in [0.717, 1.165) is 0 Å². The Balaban J connectivity index is 1.92. The fourth-order valence-corrected chi connectivity index (χ4v) is 3.28. The van der Waals surface area contributed by atoms with Crippen LogP contribution in [0.25, 0.3) is 11.8 Å². The predicted molar refractivity (Wildman–Crippen MR) is 122 cm³/mol. The summed E-state index contributed by atoms with van der Waals surface area (Å²) in [6.45, 7) is 0.504. The van der Waals surface area contributed by atoms with E-state index in [-0.39, 0.29) is 29.4 Å². The van der Waals surface area contributed by atoms with Gasteiger partial charge >= 0.3 is 6.61 Å². The van der Waals surface area contributed by atoms with Gasteiger partial charge in [-0.3, -0.25) is 14.3 Å². The molecule has 0 spiro atoms. The maximum Gasteiger partial charge on any atom is 0.387 e. The second-order valence-corrected chi connectivity index (χ2v) is 7.08. The van der Waals surface area contributed by atoms with Crippen LogP contribution in [0.4, 0.5) is 14.5 Å². The zero-order valence-electron chi connectivity index (χ0n) is 18.7. The number of rotatable bonds is 8. The molecule has 3 rings (SSSR count). The van der Waals surface area contributed by atoms with Crippen molar-refractivity contribution in [1.29, 1.82) is 5.26 Å². The van der Waals surface area contributed by atoms with Gasteiger partial charge in [-0.25, -0.2) is 4.68 Å². The fourth-order valence-electron chi connectivity index (χ4n) is 3.28. The molecule has 0 fully saturated rings. The van der Waals surface area contributed by atoms with Gasteiger partial charge in [-0.2, -0.15) is 14.0 Å². The minimum atomic E-state index is -3.03. The van der Waals surface area contributed by atoms with Crippen molar-refractivity contribution in [3.05, 3.63) is 75.7 Å². The molecule has 1 amide bonds. The first-order chi connectivity index (χ1) is 16.3. The highest BCUT2D eigenvalue weighted by atomic mass is 19.3. The highest BCUT2D eigenvalue weighted by molar-refractivity contribution is 6.09. The first-order valence-corrected chi connectivity index (χ1v) is 10.3. The van der Waals surface area contributed by atoms with Gasteiger partial charge < -0.3 is 14.8 Å². The standard InChI is InChI=1S/C24H22F2N4O4/c1-4-33-20-13-16(10-11-19(20)34-24(25)26)12-17(14-27)22(31)28-21-15(2)29(3)30(23(21)32)18-8-6-5-7-9-18/h5-13,24H,4H2,1-3H3,(H,28,31)/b17-12+. The number of hydrogen-bond donors (Lipinski definition) is 1. The van der Waals surface area contributed by atoms with Crippen molar-refractivity contribution >= 4 is 17.7 Å². The SMILES string of the molecule is CCOc1cc(/C=C(\C#N)C(=O)Nc2c(C)n(C)n(-c3ccccc3)c2=O)ccc1OC(F)F. The van der Waals surface area contributed by atoms with Crippen LogP contribution in [0.5, 0.6) is 11.5 Å². The summed E-state index contributed by atoms with van der Waals surface area (Å²) in [7, 11) is 1.68. The zero-order chi connectivity index (χ0) is 24.8. The number of anilines is 1. The van der Waals surface area contributed by atoms with Crippen LogP contribution in [0.3, 0.4) is 0 Å². The molecule has 8 nitrogen and oxygen atoms in total. The smallest absolute Gasteiger partial charge is 0.387 e. The largest absolute Gasteiger partial charge is 0.490 e. The number of carbonyl (C=O) groups is 1. The molecular formula is C24H22F2N4O4. The summed E-state index contributed by atoms with van der Waals surface area (Å²) in [4.78, 5) is 25.8. The number of nitrogens with one attached hydrogen (secondary N) is 1. The van der Waals surface area contributed by atoms with Crippen molar-refractivity contribution < 1.29 is 23.0 Å². The van der Waals surface area contributed by atoms with Crippen molar-refractivity contribution in [3.63, 3.8) is 0 Å². The number of carbonyl (C=O) groups excluding carboxylic acids is 1. The Morgan fingerprint density at radius 2 is 1.91 bits per heavy atom. The number of nitriles is 1. The van der Waals surface area contributed by atoms with Crippen molar-refractivity contribution in [2.75, 3.05) is 11.9 Å². The maximum atomic E-state index is 13.0. The number of aromatic nitrogens is 2. The molecular weight excluding hydrogens is 446 g/mol. The lowest BCUT2D eigenvalue weighted by molar-refractivity contribution is -0.112. The normalized spacial score (nSPS) is 11.3. The third kappa shape index (κ3) is 5.15. The summed E-state index contributed by atoms with van der Waals surface area (Å²) < 4.78 is 38.0. The average Bonchev–Trinajstić information content (AvgIpc) is 3.02. The van der Waals surface area contributed by atoms with Gasteiger partial charge in [0.05, 0.1) is 18.0 Å². The molecule has 0 saturated carbocycles. The highest BCUT2D eigenvalue weighted by Crippen LogP contribution is 2.30. The molecule has 0 atom stereocenters. The molecule has 0 aliphatic heterocycles. The Morgan fingerprint density at radius 1 is 1.21 bits per heavy atom. The van der Waals surface area contributed by atoms with Gasteiger partial charge in [-0.1, -0.05) is 24.3 Å². The molecule has 0 bridgehead atoms. The Labute approximate surface area is 194 Å². The summed E-state index contributed by atoms with van der Waals surface area (Å²) in [6.07, 6.45) is 1.26. The van der Waals surface area contributed by atoms with E-state index in [1.807, 2.05) is 6.07 Å². The first-order valence-electron chi connectivity index (χ1n) is 10.3. The van der Waals surface area contributed by atoms with Crippen molar-refractivity contribution in [1.82, 2.24) is 9.36 Å². The van der Waals surface area contributed by atoms with Gasteiger partial charge in [0.25, 0.3) is 11.5 Å². The van der Waals surface area contributed by atoms with E-state index in [9.17, 15) is 23.6 Å². The van der Waals surface area contributed by atoms with Gasteiger partial charge in [-0.05, 0) is 49.8 Å². The van der Waals surface area contributed by atoms with Gasteiger partial charge in [-0.15, -0.1) is 0 Å². The molecule has 1 aromatic heterocycles. The van der Waals surface area contributed by atoms with Gasteiger partial charge in [0.1, 0.15) is 17.3 Å². The summed E-state index contributed by atoms with van der Waals surface area (Å²) >= 11 is 0. The number of halogens is 2. The quantitative estimate of drug-likeness (QED) is 0.398. The Hall–Kier alpha value is -4.39. The van der Waals surface area contributed by atoms with E-state index >= 15 is 0 Å². The molecule has 1 heterocycles. The summed E-state index contributed by atoms with van der Waals surface area (Å²) in [6, 6.07) is 14.7. The van der Waals surface area contributed by atoms with E-state index in [1.165, 1.54) is 29.0 Å². The van der Waals surface area contributed by atoms with Crippen LogP contribution in [0.15, 0.2) is 58.9 Å². The molecule has 1 N–H and O–H groups in total. The van der Waals surface area contributed by atoms with Gasteiger partial charge in [0.2, 0.25) is 0 Å². The third-order valence-electron chi connectivity index (χ3n) is 4.95. The molecule has 3 aromatic rings. The van der Waals surface area contributed by atoms with E-state index < -0.39 is 18.1 Å². The fraction of sp³-hybridized carbons (Fsp3) is 0.208. The number of benzene rings is 2. The molecule has 2 aromatic carbocycles. The number of ether oxygens (including phenoxy) is 2. The van der Waals surface area contributed by atoms with Crippen LogP contribution < -0.4 is 20.3 Å². The second kappa shape index (κ2) is 10.5. The summed E-state index contributed by atoms with van der Waals surface area (Å²) in [5, 5.41) is 12.1. The Kier molecular flexibility index (Phi) is 7.48. The third-order valence-corrected chi connectivity index (χ3v) is 4.95. The van der Waals surface area contributed by atoms with Crippen molar-refractivity contribution in [3.8, 4) is 23.3 Å². The lowest BCUT2D eigenvalue weighted by atomic mass is 10.1. The van der Waals surface area contributed by atoms with E-state index in [4.69, 9.17) is 4.74 Å². The molecule has 176 valence electrons.